The number of nitrogens with two attached hydrogens (primary N) is 1. The molecule has 2 unspecified atom stereocenters. The van der Waals surface area contributed by atoms with E-state index in [0.29, 0.717) is 6.04 Å². The molecule has 3 nitrogen and oxygen atoms in total. The average Bonchev–Trinajstić information content (AvgIpc) is 2.08. The van der Waals surface area contributed by atoms with E-state index in [1.807, 2.05) is 0 Å². The summed E-state index contributed by atoms with van der Waals surface area (Å²) in [4.78, 5) is 4.59. The zero-order valence-corrected chi connectivity index (χ0v) is 9.87. The summed E-state index contributed by atoms with van der Waals surface area (Å²) in [5, 5.41) is 0. The van der Waals surface area contributed by atoms with Crippen LogP contribution in [0.25, 0.3) is 0 Å². The second-order valence-electron chi connectivity index (χ2n) is 4.92. The Kier molecular flexibility index (Phi) is 4.85. The first-order valence-electron chi connectivity index (χ1n) is 5.68. The van der Waals surface area contributed by atoms with E-state index in [1.165, 1.54) is 32.4 Å². The van der Waals surface area contributed by atoms with Crippen LogP contribution >= 0.6 is 0 Å². The minimum Gasteiger partial charge on any atom is -0.326 e. The third-order valence-corrected chi connectivity index (χ3v) is 3.19. The number of hydrogen-bond acceptors (Lipinski definition) is 3. The highest BCUT2D eigenvalue weighted by molar-refractivity contribution is 4.81. The number of rotatable bonds is 4. The van der Waals surface area contributed by atoms with Crippen molar-refractivity contribution in [3.05, 3.63) is 0 Å². The van der Waals surface area contributed by atoms with E-state index in [2.05, 4.69) is 30.9 Å². The first kappa shape index (κ1) is 12.0. The molecule has 14 heavy (non-hydrogen) atoms. The Balaban J connectivity index is 2.17. The summed E-state index contributed by atoms with van der Waals surface area (Å²) in [5.41, 5.74) is 6.13. The van der Waals surface area contributed by atoms with Crippen molar-refractivity contribution in [3.8, 4) is 0 Å². The number of hydrogen-bond donors (Lipinski definition) is 1. The van der Waals surface area contributed by atoms with Gasteiger partial charge in [0.25, 0.3) is 0 Å². The number of likely N-dealkylation sites (N-methyl/N-ethyl adjacent to an activating group) is 1. The molecule has 1 heterocycles. The Morgan fingerprint density at radius 3 is 2.71 bits per heavy atom. The minimum absolute atomic E-state index is 0.399. The summed E-state index contributed by atoms with van der Waals surface area (Å²) in [6.07, 6.45) is 3.87. The van der Waals surface area contributed by atoms with E-state index in [4.69, 9.17) is 5.73 Å². The van der Waals surface area contributed by atoms with Crippen molar-refractivity contribution in [1.82, 2.24) is 9.80 Å². The molecule has 0 radical (unpaired) electrons. The van der Waals surface area contributed by atoms with Gasteiger partial charge in [0.05, 0.1) is 0 Å². The molecule has 0 aromatic carbocycles. The second kappa shape index (κ2) is 5.69. The van der Waals surface area contributed by atoms with Crippen LogP contribution in [0, 0.1) is 5.92 Å². The summed E-state index contributed by atoms with van der Waals surface area (Å²) in [5.74, 6) is 0.756. The standard InChI is InChI=1S/C11H25N3/c1-13(2)7-4-5-10-6-8-14(3)9-11(10)12/h10-11H,4-9,12H2,1-3H3. The molecule has 0 amide bonds. The van der Waals surface area contributed by atoms with Gasteiger partial charge in [0.1, 0.15) is 0 Å². The van der Waals surface area contributed by atoms with Crippen LogP contribution in [0.15, 0.2) is 0 Å². The average molecular weight is 199 g/mol. The zero-order valence-electron chi connectivity index (χ0n) is 9.87. The molecule has 0 bridgehead atoms. The van der Waals surface area contributed by atoms with Gasteiger partial charge in [0.15, 0.2) is 0 Å². The molecular weight excluding hydrogens is 174 g/mol. The topological polar surface area (TPSA) is 32.5 Å². The third kappa shape index (κ3) is 3.95. The first-order chi connectivity index (χ1) is 6.59. The van der Waals surface area contributed by atoms with Crippen molar-refractivity contribution in [2.75, 3.05) is 40.8 Å². The van der Waals surface area contributed by atoms with Gasteiger partial charge in [-0.2, -0.15) is 0 Å². The molecule has 3 heteroatoms. The number of nitrogens with zero attached hydrogens (tertiary/aromatic N) is 2. The molecule has 84 valence electrons. The smallest absolute Gasteiger partial charge is 0.0196 e. The van der Waals surface area contributed by atoms with E-state index in [1.54, 1.807) is 0 Å². The lowest BCUT2D eigenvalue weighted by Gasteiger charge is -2.34. The predicted octanol–water partition coefficient (Wildman–Crippen LogP) is 0.607. The maximum absolute atomic E-state index is 6.13. The van der Waals surface area contributed by atoms with Gasteiger partial charge in [-0.1, -0.05) is 0 Å². The van der Waals surface area contributed by atoms with Crippen molar-refractivity contribution in [2.45, 2.75) is 25.3 Å². The van der Waals surface area contributed by atoms with Crippen LogP contribution in [0.5, 0.6) is 0 Å². The highest BCUT2D eigenvalue weighted by Crippen LogP contribution is 2.20. The van der Waals surface area contributed by atoms with E-state index < -0.39 is 0 Å². The van der Waals surface area contributed by atoms with Crippen molar-refractivity contribution in [1.29, 1.82) is 0 Å². The summed E-state index contributed by atoms with van der Waals surface area (Å²) in [6.45, 7) is 3.49. The van der Waals surface area contributed by atoms with Crippen LogP contribution in [-0.2, 0) is 0 Å². The summed E-state index contributed by atoms with van der Waals surface area (Å²) in [6, 6.07) is 0.399. The molecule has 0 saturated carbocycles. The van der Waals surface area contributed by atoms with E-state index in [0.717, 1.165) is 12.5 Å². The van der Waals surface area contributed by atoms with Gasteiger partial charge in [-0.25, -0.2) is 0 Å². The van der Waals surface area contributed by atoms with Gasteiger partial charge in [-0.3, -0.25) is 0 Å². The largest absolute Gasteiger partial charge is 0.326 e. The molecule has 2 N–H and O–H groups in total. The molecule has 0 aromatic heterocycles. The molecule has 0 aliphatic carbocycles. The van der Waals surface area contributed by atoms with Gasteiger partial charge < -0.3 is 15.5 Å². The van der Waals surface area contributed by atoms with Crippen molar-refractivity contribution in [3.63, 3.8) is 0 Å². The zero-order chi connectivity index (χ0) is 10.6. The van der Waals surface area contributed by atoms with E-state index in [9.17, 15) is 0 Å². The summed E-state index contributed by atoms with van der Waals surface area (Å²) >= 11 is 0. The molecule has 1 aliphatic rings. The van der Waals surface area contributed by atoms with Crippen LogP contribution in [0.3, 0.4) is 0 Å². The predicted molar refractivity (Wildman–Crippen MR) is 61.4 cm³/mol. The fraction of sp³-hybridized carbons (Fsp3) is 1.00. The van der Waals surface area contributed by atoms with Gasteiger partial charge >= 0.3 is 0 Å². The van der Waals surface area contributed by atoms with Crippen molar-refractivity contribution < 1.29 is 0 Å². The Morgan fingerprint density at radius 2 is 2.14 bits per heavy atom. The second-order valence-corrected chi connectivity index (χ2v) is 4.92. The highest BCUT2D eigenvalue weighted by Gasteiger charge is 2.23. The molecule has 1 aliphatic heterocycles. The molecule has 1 fully saturated rings. The highest BCUT2D eigenvalue weighted by atomic mass is 15.1. The Hall–Kier alpha value is -0.120. The Bertz CT molecular complexity index is 159. The monoisotopic (exact) mass is 199 g/mol. The molecule has 1 rings (SSSR count). The summed E-state index contributed by atoms with van der Waals surface area (Å²) in [7, 11) is 6.43. The lowest BCUT2D eigenvalue weighted by Crippen LogP contribution is -2.46. The van der Waals surface area contributed by atoms with Crippen LogP contribution in [0.4, 0.5) is 0 Å². The van der Waals surface area contributed by atoms with Gasteiger partial charge in [-0.15, -0.1) is 0 Å². The maximum Gasteiger partial charge on any atom is 0.0196 e. The van der Waals surface area contributed by atoms with Gasteiger partial charge in [0, 0.05) is 12.6 Å². The molecule has 0 aromatic rings. The fourth-order valence-corrected chi connectivity index (χ4v) is 2.23. The Labute approximate surface area is 88.2 Å². The summed E-state index contributed by atoms with van der Waals surface area (Å²) < 4.78 is 0. The van der Waals surface area contributed by atoms with Crippen molar-refractivity contribution in [2.24, 2.45) is 11.7 Å². The van der Waals surface area contributed by atoms with Crippen molar-refractivity contribution >= 4 is 0 Å². The van der Waals surface area contributed by atoms with Gasteiger partial charge in [0.2, 0.25) is 0 Å². The number of likely N-dealkylation sites (tertiary alicyclic amines) is 1. The molecule has 2 atom stereocenters. The quantitative estimate of drug-likeness (QED) is 0.720. The number of piperidine rings is 1. The minimum atomic E-state index is 0.399. The van der Waals surface area contributed by atoms with Crippen LogP contribution in [0.2, 0.25) is 0 Å². The molecular formula is C11H25N3. The first-order valence-corrected chi connectivity index (χ1v) is 5.68. The van der Waals surface area contributed by atoms with Crippen LogP contribution in [-0.4, -0.2) is 56.6 Å². The SMILES string of the molecule is CN(C)CCCC1CCN(C)CC1N. The lowest BCUT2D eigenvalue weighted by atomic mass is 9.88. The van der Waals surface area contributed by atoms with E-state index >= 15 is 0 Å². The fourth-order valence-electron chi connectivity index (χ4n) is 2.23. The third-order valence-electron chi connectivity index (χ3n) is 3.19. The van der Waals surface area contributed by atoms with E-state index in [-0.39, 0.29) is 0 Å². The normalized spacial score (nSPS) is 29.8. The molecule has 0 spiro atoms. The maximum atomic E-state index is 6.13. The Morgan fingerprint density at radius 1 is 1.43 bits per heavy atom. The van der Waals surface area contributed by atoms with Gasteiger partial charge in [-0.05, 0) is 59.4 Å². The molecule has 1 saturated heterocycles. The lowest BCUT2D eigenvalue weighted by molar-refractivity contribution is 0.179. The van der Waals surface area contributed by atoms with Crippen LogP contribution in [0.1, 0.15) is 19.3 Å². The van der Waals surface area contributed by atoms with Crippen LogP contribution < -0.4 is 5.73 Å².